The normalized spacial score (nSPS) is 12.8. The van der Waals surface area contributed by atoms with Crippen molar-refractivity contribution >= 4 is 17.3 Å². The van der Waals surface area contributed by atoms with Crippen molar-refractivity contribution in [3.05, 3.63) is 54.5 Å². The van der Waals surface area contributed by atoms with Crippen LogP contribution in [0.25, 0.3) is 16.9 Å². The maximum atomic E-state index is 12.3. The Morgan fingerprint density at radius 2 is 1.92 bits per heavy atom. The van der Waals surface area contributed by atoms with Gasteiger partial charge in [-0.2, -0.15) is 0 Å². The number of imidazole rings is 1. The Labute approximate surface area is 153 Å². The summed E-state index contributed by atoms with van der Waals surface area (Å²) in [6.45, 7) is 7.54. The molecule has 0 bridgehead atoms. The molecule has 0 aliphatic carbocycles. The van der Waals surface area contributed by atoms with Gasteiger partial charge >= 0.3 is 6.09 Å². The molecular formula is C20H24N4O2. The topological polar surface area (TPSA) is 69.0 Å². The number of fused-ring (bicyclic) bond motifs is 1. The minimum Gasteiger partial charge on any atom is -0.444 e. The molecule has 0 aliphatic heterocycles. The van der Waals surface area contributed by atoms with E-state index in [1.807, 2.05) is 74.7 Å². The average Bonchev–Trinajstić information content (AvgIpc) is 2.98. The minimum absolute atomic E-state index is 0.292. The SMILES string of the molecule is CCC(NC(=O)OC(C)(C)C)c1nc2cccnc2n1-c1ccccc1. The molecule has 1 unspecified atom stereocenters. The molecule has 0 radical (unpaired) electrons. The zero-order valence-corrected chi connectivity index (χ0v) is 15.6. The lowest BCUT2D eigenvalue weighted by molar-refractivity contribution is 0.0499. The predicted molar refractivity (Wildman–Crippen MR) is 101 cm³/mol. The van der Waals surface area contributed by atoms with E-state index in [0.717, 1.165) is 22.7 Å². The lowest BCUT2D eigenvalue weighted by atomic mass is 10.2. The molecule has 2 heterocycles. The zero-order valence-electron chi connectivity index (χ0n) is 15.6. The second kappa shape index (κ2) is 7.15. The van der Waals surface area contributed by atoms with Gasteiger partial charge in [0, 0.05) is 11.9 Å². The molecule has 3 aromatic rings. The smallest absolute Gasteiger partial charge is 0.408 e. The quantitative estimate of drug-likeness (QED) is 0.756. The van der Waals surface area contributed by atoms with Crippen LogP contribution in [-0.2, 0) is 4.74 Å². The second-order valence-corrected chi connectivity index (χ2v) is 7.09. The molecule has 1 N–H and O–H groups in total. The van der Waals surface area contributed by atoms with Gasteiger partial charge < -0.3 is 10.1 Å². The zero-order chi connectivity index (χ0) is 18.7. The highest BCUT2D eigenvalue weighted by Gasteiger charge is 2.24. The van der Waals surface area contributed by atoms with Crippen LogP contribution in [0, 0.1) is 0 Å². The summed E-state index contributed by atoms with van der Waals surface area (Å²) in [7, 11) is 0. The van der Waals surface area contributed by atoms with Gasteiger partial charge in [0.05, 0.1) is 6.04 Å². The fourth-order valence-electron chi connectivity index (χ4n) is 2.79. The Hall–Kier alpha value is -2.89. The number of aromatic nitrogens is 3. The number of rotatable bonds is 4. The molecule has 2 aromatic heterocycles. The van der Waals surface area contributed by atoms with E-state index in [0.29, 0.717) is 6.42 Å². The largest absolute Gasteiger partial charge is 0.444 e. The summed E-state index contributed by atoms with van der Waals surface area (Å²) in [5.41, 5.74) is 1.95. The van der Waals surface area contributed by atoms with Crippen molar-refractivity contribution in [2.24, 2.45) is 0 Å². The number of alkyl carbamates (subject to hydrolysis) is 1. The van der Waals surface area contributed by atoms with Crippen LogP contribution in [0.2, 0.25) is 0 Å². The van der Waals surface area contributed by atoms with Crippen LogP contribution in [0.1, 0.15) is 46.0 Å². The number of benzene rings is 1. The van der Waals surface area contributed by atoms with Crippen molar-refractivity contribution in [2.45, 2.75) is 45.8 Å². The number of carbonyl (C=O) groups excluding carboxylic acids is 1. The molecule has 0 saturated carbocycles. The molecule has 0 saturated heterocycles. The molecule has 0 fully saturated rings. The lowest BCUT2D eigenvalue weighted by Crippen LogP contribution is -2.35. The number of pyridine rings is 1. The number of amides is 1. The average molecular weight is 352 g/mol. The van der Waals surface area contributed by atoms with Gasteiger partial charge in [0.15, 0.2) is 5.65 Å². The van der Waals surface area contributed by atoms with Crippen LogP contribution in [0.15, 0.2) is 48.7 Å². The molecule has 6 heteroatoms. The number of para-hydroxylation sites is 1. The van der Waals surface area contributed by atoms with Crippen LogP contribution < -0.4 is 5.32 Å². The summed E-state index contributed by atoms with van der Waals surface area (Å²) in [6.07, 6.45) is 1.97. The van der Waals surface area contributed by atoms with Gasteiger partial charge in [-0.05, 0) is 51.5 Å². The van der Waals surface area contributed by atoms with Crippen molar-refractivity contribution in [2.75, 3.05) is 0 Å². The fourth-order valence-corrected chi connectivity index (χ4v) is 2.79. The first-order valence-corrected chi connectivity index (χ1v) is 8.77. The van der Waals surface area contributed by atoms with Gasteiger partial charge in [-0.1, -0.05) is 25.1 Å². The number of ether oxygens (including phenoxy) is 1. The third kappa shape index (κ3) is 3.85. The Balaban J connectivity index is 2.04. The van der Waals surface area contributed by atoms with Crippen LogP contribution in [0.3, 0.4) is 0 Å². The summed E-state index contributed by atoms with van der Waals surface area (Å²) >= 11 is 0. The third-order valence-electron chi connectivity index (χ3n) is 3.87. The molecule has 1 atom stereocenters. The van der Waals surface area contributed by atoms with E-state index in [1.54, 1.807) is 6.20 Å². The Kier molecular flexibility index (Phi) is 4.93. The number of hydrogen-bond donors (Lipinski definition) is 1. The Bertz CT molecular complexity index is 897. The maximum absolute atomic E-state index is 12.3. The minimum atomic E-state index is -0.552. The molecule has 1 aromatic carbocycles. The van der Waals surface area contributed by atoms with Crippen molar-refractivity contribution in [1.29, 1.82) is 0 Å². The Morgan fingerprint density at radius 3 is 2.58 bits per heavy atom. The summed E-state index contributed by atoms with van der Waals surface area (Å²) in [6, 6.07) is 13.4. The van der Waals surface area contributed by atoms with Gasteiger partial charge in [-0.3, -0.25) is 4.57 Å². The van der Waals surface area contributed by atoms with Crippen LogP contribution in [0.5, 0.6) is 0 Å². The summed E-state index contributed by atoms with van der Waals surface area (Å²) in [5.74, 6) is 0.734. The standard InChI is InChI=1S/C20H24N4O2/c1-5-15(23-19(25)26-20(2,3)4)18-22-16-12-9-13-21-17(16)24(18)14-10-7-6-8-11-14/h6-13,15H,5H2,1-4H3,(H,23,25). The monoisotopic (exact) mass is 352 g/mol. The van der Waals surface area contributed by atoms with E-state index in [2.05, 4.69) is 10.3 Å². The Morgan fingerprint density at radius 1 is 1.19 bits per heavy atom. The first-order valence-electron chi connectivity index (χ1n) is 8.77. The fraction of sp³-hybridized carbons (Fsp3) is 0.350. The summed E-state index contributed by atoms with van der Waals surface area (Å²) in [4.78, 5) is 21.5. The molecule has 3 rings (SSSR count). The van der Waals surface area contributed by atoms with Crippen LogP contribution in [0.4, 0.5) is 4.79 Å². The highest BCUT2D eigenvalue weighted by atomic mass is 16.6. The number of carbonyl (C=O) groups is 1. The maximum Gasteiger partial charge on any atom is 0.408 e. The van der Waals surface area contributed by atoms with Crippen LogP contribution >= 0.6 is 0 Å². The molecule has 0 aliphatic rings. The van der Waals surface area contributed by atoms with Crippen molar-refractivity contribution in [3.8, 4) is 5.69 Å². The number of nitrogens with one attached hydrogen (secondary N) is 1. The first-order chi connectivity index (χ1) is 12.4. The summed E-state index contributed by atoms with van der Waals surface area (Å²) < 4.78 is 7.40. The van der Waals surface area contributed by atoms with Crippen molar-refractivity contribution in [3.63, 3.8) is 0 Å². The lowest BCUT2D eigenvalue weighted by Gasteiger charge is -2.23. The van der Waals surface area contributed by atoms with Crippen molar-refractivity contribution in [1.82, 2.24) is 19.9 Å². The van der Waals surface area contributed by atoms with Crippen LogP contribution in [-0.4, -0.2) is 26.2 Å². The van der Waals surface area contributed by atoms with E-state index in [-0.39, 0.29) is 6.04 Å². The molecule has 1 amide bonds. The van der Waals surface area contributed by atoms with E-state index in [1.165, 1.54) is 0 Å². The predicted octanol–water partition coefficient (Wildman–Crippen LogP) is 4.40. The van der Waals surface area contributed by atoms with Gasteiger partial charge in [-0.15, -0.1) is 0 Å². The van der Waals surface area contributed by atoms with Gasteiger partial charge in [-0.25, -0.2) is 14.8 Å². The van der Waals surface area contributed by atoms with E-state index >= 15 is 0 Å². The molecule has 0 spiro atoms. The van der Waals surface area contributed by atoms with Gasteiger partial charge in [0.2, 0.25) is 0 Å². The second-order valence-electron chi connectivity index (χ2n) is 7.09. The molecule has 136 valence electrons. The summed E-state index contributed by atoms with van der Waals surface area (Å²) in [5, 5.41) is 2.94. The highest BCUT2D eigenvalue weighted by Crippen LogP contribution is 2.26. The van der Waals surface area contributed by atoms with E-state index in [9.17, 15) is 4.79 Å². The third-order valence-corrected chi connectivity index (χ3v) is 3.87. The van der Waals surface area contributed by atoms with E-state index < -0.39 is 11.7 Å². The van der Waals surface area contributed by atoms with E-state index in [4.69, 9.17) is 9.72 Å². The number of nitrogens with zero attached hydrogens (tertiary/aromatic N) is 3. The molecule has 26 heavy (non-hydrogen) atoms. The molecule has 6 nitrogen and oxygen atoms in total. The molecular weight excluding hydrogens is 328 g/mol. The van der Waals surface area contributed by atoms with Gasteiger partial charge in [0.1, 0.15) is 16.9 Å². The number of hydrogen-bond acceptors (Lipinski definition) is 4. The highest BCUT2D eigenvalue weighted by molar-refractivity contribution is 5.74. The first kappa shape index (κ1) is 17.9. The van der Waals surface area contributed by atoms with Gasteiger partial charge in [0.25, 0.3) is 0 Å². The van der Waals surface area contributed by atoms with Crippen molar-refractivity contribution < 1.29 is 9.53 Å².